The number of rotatable bonds is 5. The van der Waals surface area contributed by atoms with E-state index in [1.54, 1.807) is 29.7 Å². The van der Waals surface area contributed by atoms with Crippen LogP contribution >= 0.6 is 11.3 Å². The molecule has 2 aromatic heterocycles. The molecular formula is C19H19FN4S. The van der Waals surface area contributed by atoms with Crippen LogP contribution in [0.3, 0.4) is 0 Å². The smallest absolute Gasteiger partial charge is 0.185 e. The average molecular weight is 354 g/mol. The molecule has 1 atom stereocenters. The molecule has 1 N–H and O–H groups in total. The SMILES string of the molecule is Fc1ccc(-c2csc(N3CCC(CNc4ccccn4)C3)n2)cc1. The molecule has 128 valence electrons. The van der Waals surface area contributed by atoms with E-state index in [-0.39, 0.29) is 5.82 Å². The van der Waals surface area contributed by atoms with Crippen molar-refractivity contribution < 1.29 is 4.39 Å². The highest BCUT2D eigenvalue weighted by Gasteiger charge is 2.24. The van der Waals surface area contributed by atoms with Gasteiger partial charge in [-0.1, -0.05) is 6.07 Å². The van der Waals surface area contributed by atoms with E-state index < -0.39 is 0 Å². The van der Waals surface area contributed by atoms with Gasteiger partial charge in [0.15, 0.2) is 5.13 Å². The maximum atomic E-state index is 13.1. The van der Waals surface area contributed by atoms with E-state index in [1.165, 1.54) is 12.1 Å². The molecule has 0 radical (unpaired) electrons. The topological polar surface area (TPSA) is 41.0 Å². The Labute approximate surface area is 150 Å². The van der Waals surface area contributed by atoms with Crippen molar-refractivity contribution in [1.82, 2.24) is 9.97 Å². The lowest BCUT2D eigenvalue weighted by Gasteiger charge is -2.15. The Morgan fingerprint density at radius 3 is 2.88 bits per heavy atom. The van der Waals surface area contributed by atoms with Crippen LogP contribution in [0.15, 0.2) is 54.0 Å². The highest BCUT2D eigenvalue weighted by molar-refractivity contribution is 7.14. The van der Waals surface area contributed by atoms with E-state index >= 15 is 0 Å². The standard InChI is InChI=1S/C19H19FN4S/c20-16-6-4-15(5-7-16)17-13-25-19(23-17)24-10-8-14(12-24)11-22-18-3-1-2-9-21-18/h1-7,9,13-14H,8,10-12H2,(H,21,22). The molecule has 0 amide bonds. The van der Waals surface area contributed by atoms with Gasteiger partial charge in [0.1, 0.15) is 11.6 Å². The number of pyridine rings is 1. The molecule has 0 spiro atoms. The Kier molecular flexibility index (Phi) is 4.61. The van der Waals surface area contributed by atoms with Gasteiger partial charge in [-0.05, 0) is 48.7 Å². The lowest BCUT2D eigenvalue weighted by Crippen LogP contribution is -2.22. The Morgan fingerprint density at radius 1 is 1.20 bits per heavy atom. The van der Waals surface area contributed by atoms with Gasteiger partial charge in [0.2, 0.25) is 0 Å². The van der Waals surface area contributed by atoms with Gasteiger partial charge in [0, 0.05) is 36.8 Å². The number of aromatic nitrogens is 2. The highest BCUT2D eigenvalue weighted by Crippen LogP contribution is 2.31. The minimum Gasteiger partial charge on any atom is -0.370 e. The molecule has 1 unspecified atom stereocenters. The molecule has 0 saturated carbocycles. The fourth-order valence-electron chi connectivity index (χ4n) is 3.05. The summed E-state index contributed by atoms with van der Waals surface area (Å²) in [7, 11) is 0. The quantitative estimate of drug-likeness (QED) is 0.742. The summed E-state index contributed by atoms with van der Waals surface area (Å²) in [5, 5.41) is 6.49. The first-order chi connectivity index (χ1) is 12.3. The van der Waals surface area contributed by atoms with Crippen molar-refractivity contribution in [1.29, 1.82) is 0 Å². The van der Waals surface area contributed by atoms with Crippen molar-refractivity contribution in [2.24, 2.45) is 5.92 Å². The number of nitrogens with one attached hydrogen (secondary N) is 1. The van der Waals surface area contributed by atoms with E-state index in [4.69, 9.17) is 4.98 Å². The lowest BCUT2D eigenvalue weighted by atomic mass is 10.1. The molecule has 0 aliphatic carbocycles. The summed E-state index contributed by atoms with van der Waals surface area (Å²) in [6.45, 7) is 2.94. The second-order valence-electron chi connectivity index (χ2n) is 6.22. The monoisotopic (exact) mass is 354 g/mol. The van der Waals surface area contributed by atoms with Crippen molar-refractivity contribution in [2.75, 3.05) is 29.9 Å². The second kappa shape index (κ2) is 7.19. The first-order valence-electron chi connectivity index (χ1n) is 8.39. The molecule has 6 heteroatoms. The summed E-state index contributed by atoms with van der Waals surface area (Å²) in [5.74, 6) is 1.29. The summed E-state index contributed by atoms with van der Waals surface area (Å²) in [4.78, 5) is 11.4. The molecule has 3 heterocycles. The fraction of sp³-hybridized carbons (Fsp3) is 0.263. The summed E-state index contributed by atoms with van der Waals surface area (Å²) < 4.78 is 13.1. The van der Waals surface area contributed by atoms with Crippen LogP contribution in [-0.2, 0) is 0 Å². The van der Waals surface area contributed by atoms with Crippen molar-refractivity contribution >= 4 is 22.3 Å². The van der Waals surface area contributed by atoms with Crippen molar-refractivity contribution in [3.05, 3.63) is 59.9 Å². The summed E-state index contributed by atoms with van der Waals surface area (Å²) >= 11 is 1.65. The third-order valence-electron chi connectivity index (χ3n) is 4.43. The third-order valence-corrected chi connectivity index (χ3v) is 5.33. The zero-order chi connectivity index (χ0) is 17.1. The first-order valence-corrected chi connectivity index (χ1v) is 9.27. The van der Waals surface area contributed by atoms with Crippen LogP contribution in [0.25, 0.3) is 11.3 Å². The van der Waals surface area contributed by atoms with Crippen LogP contribution in [0.4, 0.5) is 15.3 Å². The Bertz CT molecular complexity index is 819. The second-order valence-corrected chi connectivity index (χ2v) is 7.06. The minimum atomic E-state index is -0.220. The van der Waals surface area contributed by atoms with Gasteiger partial charge < -0.3 is 10.2 Å². The number of nitrogens with zero attached hydrogens (tertiary/aromatic N) is 3. The molecule has 1 aromatic carbocycles. The van der Waals surface area contributed by atoms with E-state index in [0.29, 0.717) is 5.92 Å². The molecule has 1 saturated heterocycles. The van der Waals surface area contributed by atoms with E-state index in [9.17, 15) is 4.39 Å². The maximum Gasteiger partial charge on any atom is 0.185 e. The molecule has 1 aliphatic heterocycles. The number of hydrogen-bond acceptors (Lipinski definition) is 5. The number of hydrogen-bond donors (Lipinski definition) is 1. The summed E-state index contributed by atoms with van der Waals surface area (Å²) in [5.41, 5.74) is 1.87. The fourth-order valence-corrected chi connectivity index (χ4v) is 3.92. The predicted octanol–water partition coefficient (Wildman–Crippen LogP) is 4.28. The van der Waals surface area contributed by atoms with E-state index in [1.807, 2.05) is 23.6 Å². The molecular weight excluding hydrogens is 335 g/mol. The van der Waals surface area contributed by atoms with Crippen molar-refractivity contribution in [3.63, 3.8) is 0 Å². The highest BCUT2D eigenvalue weighted by atomic mass is 32.1. The van der Waals surface area contributed by atoms with Gasteiger partial charge in [-0.2, -0.15) is 0 Å². The van der Waals surface area contributed by atoms with Gasteiger partial charge in [0.25, 0.3) is 0 Å². The third kappa shape index (κ3) is 3.79. The Balaban J connectivity index is 1.36. The zero-order valence-electron chi connectivity index (χ0n) is 13.7. The molecule has 25 heavy (non-hydrogen) atoms. The molecule has 3 aromatic rings. The Hall–Kier alpha value is -2.47. The molecule has 1 fully saturated rings. The number of thiazole rings is 1. The van der Waals surface area contributed by atoms with Crippen LogP contribution in [0.5, 0.6) is 0 Å². The van der Waals surface area contributed by atoms with Gasteiger partial charge in [-0.3, -0.25) is 0 Å². The maximum absolute atomic E-state index is 13.1. The molecule has 4 rings (SSSR count). The molecule has 0 bridgehead atoms. The van der Waals surface area contributed by atoms with Gasteiger partial charge in [0.05, 0.1) is 5.69 Å². The van der Waals surface area contributed by atoms with Crippen LogP contribution in [-0.4, -0.2) is 29.6 Å². The molecule has 4 nitrogen and oxygen atoms in total. The first kappa shape index (κ1) is 16.0. The van der Waals surface area contributed by atoms with Crippen LogP contribution < -0.4 is 10.2 Å². The number of anilines is 2. The lowest BCUT2D eigenvalue weighted by molar-refractivity contribution is 0.621. The number of benzene rings is 1. The van der Waals surface area contributed by atoms with Gasteiger partial charge in [-0.15, -0.1) is 11.3 Å². The van der Waals surface area contributed by atoms with Crippen molar-refractivity contribution in [3.8, 4) is 11.3 Å². The summed E-state index contributed by atoms with van der Waals surface area (Å²) in [6.07, 6.45) is 2.95. The predicted molar refractivity (Wildman–Crippen MR) is 101 cm³/mol. The van der Waals surface area contributed by atoms with Crippen LogP contribution in [0.2, 0.25) is 0 Å². The normalized spacial score (nSPS) is 17.0. The minimum absolute atomic E-state index is 0.220. The van der Waals surface area contributed by atoms with E-state index in [2.05, 4.69) is 15.2 Å². The van der Waals surface area contributed by atoms with Crippen LogP contribution in [0, 0.1) is 11.7 Å². The summed E-state index contributed by atoms with van der Waals surface area (Å²) in [6, 6.07) is 12.4. The van der Waals surface area contributed by atoms with Gasteiger partial charge in [-0.25, -0.2) is 14.4 Å². The van der Waals surface area contributed by atoms with E-state index in [0.717, 1.165) is 48.3 Å². The van der Waals surface area contributed by atoms with Gasteiger partial charge >= 0.3 is 0 Å². The number of halogens is 1. The van der Waals surface area contributed by atoms with Crippen LogP contribution in [0.1, 0.15) is 6.42 Å². The largest absolute Gasteiger partial charge is 0.370 e. The van der Waals surface area contributed by atoms with Crippen molar-refractivity contribution in [2.45, 2.75) is 6.42 Å². The molecule has 1 aliphatic rings. The zero-order valence-corrected chi connectivity index (χ0v) is 14.5. The Morgan fingerprint density at radius 2 is 2.08 bits per heavy atom. The average Bonchev–Trinajstić information content (AvgIpc) is 3.31.